The van der Waals surface area contributed by atoms with Crippen molar-refractivity contribution >= 4 is 15.6 Å². The Labute approximate surface area is 93.5 Å². The first kappa shape index (κ1) is 11.7. The van der Waals surface area contributed by atoms with Crippen molar-refractivity contribution in [1.82, 2.24) is 9.61 Å². The van der Waals surface area contributed by atoms with Gasteiger partial charge in [0.05, 0.1) is 5.52 Å². The Hall–Kier alpha value is -1.77. The molecule has 0 saturated carbocycles. The number of pyridine rings is 1. The van der Waals surface area contributed by atoms with E-state index in [1.807, 2.05) is 0 Å². The van der Waals surface area contributed by atoms with Gasteiger partial charge in [-0.1, -0.05) is 6.07 Å². The van der Waals surface area contributed by atoms with Crippen LogP contribution in [0.2, 0.25) is 0 Å². The number of halogens is 3. The van der Waals surface area contributed by atoms with Gasteiger partial charge in [0.2, 0.25) is 0 Å². The van der Waals surface area contributed by atoms with Crippen molar-refractivity contribution in [3.63, 3.8) is 0 Å². The third-order valence-corrected chi connectivity index (χ3v) is 2.78. The fourth-order valence-corrected chi connectivity index (χ4v) is 1.52. The maximum Gasteiger partial charge on any atom is 0.534 e. The number of hydrogen-bond acceptors (Lipinski definition) is 4. The van der Waals surface area contributed by atoms with Crippen molar-refractivity contribution in [2.45, 2.75) is 5.51 Å². The highest BCUT2D eigenvalue weighted by Gasteiger charge is 2.49. The van der Waals surface area contributed by atoms with Gasteiger partial charge in [-0.2, -0.15) is 21.6 Å². The van der Waals surface area contributed by atoms with Crippen LogP contribution in [0.4, 0.5) is 13.2 Å². The molecule has 2 heterocycles. The summed E-state index contributed by atoms with van der Waals surface area (Å²) in [4.78, 5) is 0. The lowest BCUT2D eigenvalue weighted by atomic mass is 10.4. The third kappa shape index (κ3) is 2.18. The molecule has 0 amide bonds. The highest BCUT2D eigenvalue weighted by atomic mass is 32.2. The minimum atomic E-state index is -5.67. The van der Waals surface area contributed by atoms with Gasteiger partial charge in [0.15, 0.2) is 0 Å². The molecular formula is C8H5F3N2O3S. The van der Waals surface area contributed by atoms with E-state index < -0.39 is 21.5 Å². The minimum Gasteiger partial charge on any atom is -0.354 e. The summed E-state index contributed by atoms with van der Waals surface area (Å²) >= 11 is 0. The van der Waals surface area contributed by atoms with Crippen molar-refractivity contribution in [1.29, 1.82) is 0 Å². The maximum absolute atomic E-state index is 12.0. The molecule has 2 aromatic rings. The lowest BCUT2D eigenvalue weighted by molar-refractivity contribution is -0.0501. The molecule has 0 aromatic carbocycles. The van der Waals surface area contributed by atoms with Crippen LogP contribution in [0.15, 0.2) is 30.5 Å². The largest absolute Gasteiger partial charge is 0.534 e. The molecule has 9 heteroatoms. The highest BCUT2D eigenvalue weighted by molar-refractivity contribution is 7.87. The van der Waals surface area contributed by atoms with Crippen LogP contribution < -0.4 is 4.18 Å². The Morgan fingerprint density at radius 2 is 2.00 bits per heavy atom. The third-order valence-electron chi connectivity index (χ3n) is 1.83. The van der Waals surface area contributed by atoms with Gasteiger partial charge in [-0.3, -0.25) is 0 Å². The number of aromatic nitrogens is 2. The Morgan fingerprint density at radius 3 is 2.59 bits per heavy atom. The minimum absolute atomic E-state index is 0.417. The monoisotopic (exact) mass is 266 g/mol. The summed E-state index contributed by atoms with van der Waals surface area (Å²) in [5.41, 5.74) is -5.05. The Morgan fingerprint density at radius 1 is 1.29 bits per heavy atom. The Balaban J connectivity index is 2.37. The van der Waals surface area contributed by atoms with Crippen molar-refractivity contribution in [2.24, 2.45) is 0 Å². The number of fused-ring (bicyclic) bond motifs is 1. The molecule has 5 nitrogen and oxygen atoms in total. The molecule has 0 radical (unpaired) electrons. The van der Waals surface area contributed by atoms with Crippen LogP contribution in [-0.2, 0) is 10.1 Å². The van der Waals surface area contributed by atoms with E-state index in [0.717, 1.165) is 6.07 Å². The van der Waals surface area contributed by atoms with Crippen LogP contribution in [0.1, 0.15) is 0 Å². The average Bonchev–Trinajstić information content (AvgIpc) is 2.56. The predicted molar refractivity (Wildman–Crippen MR) is 50.8 cm³/mol. The zero-order valence-corrected chi connectivity index (χ0v) is 8.86. The lowest BCUT2D eigenvalue weighted by Gasteiger charge is -2.06. The highest BCUT2D eigenvalue weighted by Crippen LogP contribution is 2.26. The van der Waals surface area contributed by atoms with Crippen molar-refractivity contribution in [3.05, 3.63) is 30.5 Å². The molecule has 0 aliphatic carbocycles. The van der Waals surface area contributed by atoms with Crippen LogP contribution in [0.3, 0.4) is 0 Å². The molecule has 0 fully saturated rings. The fourth-order valence-electron chi connectivity index (χ4n) is 1.12. The van der Waals surface area contributed by atoms with Crippen LogP contribution in [-0.4, -0.2) is 23.5 Å². The zero-order valence-electron chi connectivity index (χ0n) is 8.05. The molecule has 92 valence electrons. The maximum atomic E-state index is 12.0. The van der Waals surface area contributed by atoms with Crippen LogP contribution >= 0.6 is 0 Å². The first-order valence-electron chi connectivity index (χ1n) is 4.25. The molecule has 17 heavy (non-hydrogen) atoms. The second kappa shape index (κ2) is 3.62. The molecule has 0 N–H and O–H groups in total. The molecule has 0 aliphatic heterocycles. The normalized spacial score (nSPS) is 12.9. The van der Waals surface area contributed by atoms with Gasteiger partial charge in [-0.15, -0.1) is 5.10 Å². The second-order valence-corrected chi connectivity index (χ2v) is 4.57. The number of alkyl halides is 3. The average molecular weight is 266 g/mol. The smallest absolute Gasteiger partial charge is 0.354 e. The first-order chi connectivity index (χ1) is 7.79. The summed E-state index contributed by atoms with van der Waals surface area (Å²) in [6, 6.07) is 5.84. The van der Waals surface area contributed by atoms with Gasteiger partial charge in [-0.25, -0.2) is 4.52 Å². The van der Waals surface area contributed by atoms with E-state index in [1.54, 1.807) is 18.2 Å². The zero-order chi connectivity index (χ0) is 12.7. The van der Waals surface area contributed by atoms with Crippen LogP contribution in [0.25, 0.3) is 5.52 Å². The van der Waals surface area contributed by atoms with E-state index >= 15 is 0 Å². The summed E-state index contributed by atoms with van der Waals surface area (Å²) in [7, 11) is -5.67. The Kier molecular flexibility index (Phi) is 2.49. The molecule has 2 aromatic heterocycles. The molecule has 0 atom stereocenters. The van der Waals surface area contributed by atoms with Crippen LogP contribution in [0, 0.1) is 0 Å². The van der Waals surface area contributed by atoms with E-state index in [4.69, 9.17) is 0 Å². The van der Waals surface area contributed by atoms with Gasteiger partial charge < -0.3 is 4.18 Å². The standard InChI is InChI=1S/C8H5F3N2O3S/c9-8(10,11)17(14,15)16-7-5-6-3-1-2-4-13(6)12-7/h1-5H. The van der Waals surface area contributed by atoms with E-state index in [1.165, 1.54) is 10.7 Å². The molecule has 0 bridgehead atoms. The van der Waals surface area contributed by atoms with E-state index in [9.17, 15) is 21.6 Å². The molecule has 0 spiro atoms. The van der Waals surface area contributed by atoms with Crippen molar-refractivity contribution in [2.75, 3.05) is 0 Å². The summed E-state index contributed by atoms with van der Waals surface area (Å²) in [6.07, 6.45) is 1.45. The van der Waals surface area contributed by atoms with Gasteiger partial charge in [0.1, 0.15) is 0 Å². The number of rotatable bonds is 2. The van der Waals surface area contributed by atoms with E-state index in [0.29, 0.717) is 5.52 Å². The van der Waals surface area contributed by atoms with Crippen molar-refractivity contribution < 1.29 is 25.8 Å². The van der Waals surface area contributed by atoms with Gasteiger partial charge in [0, 0.05) is 12.3 Å². The SMILES string of the molecule is O=S(=O)(Oc1cc2ccccn2n1)C(F)(F)F. The topological polar surface area (TPSA) is 60.7 Å². The van der Waals surface area contributed by atoms with E-state index in [2.05, 4.69) is 9.28 Å². The number of nitrogens with zero attached hydrogens (tertiary/aromatic N) is 2. The summed E-state index contributed by atoms with van der Waals surface area (Å²) < 4.78 is 62.5. The molecule has 0 aliphatic rings. The fraction of sp³-hybridized carbons (Fsp3) is 0.125. The molecule has 0 unspecified atom stereocenters. The number of hydrogen-bond donors (Lipinski definition) is 0. The van der Waals surface area contributed by atoms with Gasteiger partial charge >= 0.3 is 15.6 Å². The summed E-state index contributed by atoms with van der Waals surface area (Å²) in [5.74, 6) is -0.631. The van der Waals surface area contributed by atoms with Gasteiger partial charge in [-0.05, 0) is 12.1 Å². The predicted octanol–water partition coefficient (Wildman–Crippen LogP) is 1.56. The summed E-state index contributed by atoms with van der Waals surface area (Å²) in [6.45, 7) is 0. The van der Waals surface area contributed by atoms with Gasteiger partial charge in [0.25, 0.3) is 5.88 Å². The van der Waals surface area contributed by atoms with Crippen molar-refractivity contribution in [3.8, 4) is 5.88 Å². The Bertz CT molecular complexity index is 614. The second-order valence-electron chi connectivity index (χ2n) is 3.04. The summed E-state index contributed by atoms with van der Waals surface area (Å²) in [5, 5.41) is 3.53. The lowest BCUT2D eigenvalue weighted by Crippen LogP contribution is -2.28. The molecule has 2 rings (SSSR count). The molecule has 0 saturated heterocycles. The quantitative estimate of drug-likeness (QED) is 0.611. The van der Waals surface area contributed by atoms with E-state index in [-0.39, 0.29) is 0 Å². The molecular weight excluding hydrogens is 261 g/mol. The first-order valence-corrected chi connectivity index (χ1v) is 5.65. The van der Waals surface area contributed by atoms with Crippen LogP contribution in [0.5, 0.6) is 5.88 Å².